The number of ketones is 1. The number of carbonyl (C=O) groups is 1. The highest BCUT2D eigenvalue weighted by Crippen LogP contribution is 2.26. The molecule has 0 heterocycles. The molecule has 0 saturated heterocycles. The van der Waals surface area contributed by atoms with Crippen LogP contribution in [0.5, 0.6) is 0 Å². The summed E-state index contributed by atoms with van der Waals surface area (Å²) in [6.07, 6.45) is 0. The molecule has 0 N–H and O–H groups in total. The van der Waals surface area contributed by atoms with Crippen LogP contribution in [0.3, 0.4) is 0 Å². The molecule has 0 atom stereocenters. The molecule has 0 spiro atoms. The third-order valence-electron chi connectivity index (χ3n) is 1.68. The molecule has 1 aromatic rings. The highest BCUT2D eigenvalue weighted by atomic mass is 35.5. The van der Waals surface area contributed by atoms with Crippen molar-refractivity contribution >= 4 is 34.6 Å². The standard InChI is InChI=1S/C10H8Cl2O/c1-6(7(2)13)9-4-3-8(11)5-10(9)12/h3-5H,1H2,2H3. The van der Waals surface area contributed by atoms with Gasteiger partial charge < -0.3 is 0 Å². The molecule has 13 heavy (non-hydrogen) atoms. The topological polar surface area (TPSA) is 17.1 Å². The summed E-state index contributed by atoms with van der Waals surface area (Å²) in [5.41, 5.74) is 1.04. The third kappa shape index (κ3) is 2.33. The number of benzene rings is 1. The predicted molar refractivity (Wildman–Crippen MR) is 56.2 cm³/mol. The molecule has 3 heteroatoms. The second-order valence-corrected chi connectivity index (χ2v) is 3.50. The summed E-state index contributed by atoms with van der Waals surface area (Å²) < 4.78 is 0. The monoisotopic (exact) mass is 214 g/mol. The Morgan fingerprint density at radius 3 is 2.46 bits per heavy atom. The number of Topliss-reactive ketones (excluding diaryl/α,β-unsaturated/α-hetero) is 1. The van der Waals surface area contributed by atoms with Gasteiger partial charge in [-0.2, -0.15) is 0 Å². The highest BCUT2D eigenvalue weighted by Gasteiger charge is 2.08. The average molecular weight is 215 g/mol. The third-order valence-corrected chi connectivity index (χ3v) is 2.23. The van der Waals surface area contributed by atoms with Gasteiger partial charge in [0.2, 0.25) is 0 Å². The number of carbonyl (C=O) groups excluding carboxylic acids is 1. The molecule has 0 unspecified atom stereocenters. The van der Waals surface area contributed by atoms with Crippen molar-refractivity contribution in [2.45, 2.75) is 6.92 Å². The lowest BCUT2D eigenvalue weighted by molar-refractivity contribution is -0.111. The normalized spacial score (nSPS) is 9.77. The van der Waals surface area contributed by atoms with Crippen molar-refractivity contribution in [1.29, 1.82) is 0 Å². The Morgan fingerprint density at radius 1 is 1.38 bits per heavy atom. The summed E-state index contributed by atoms with van der Waals surface area (Å²) in [7, 11) is 0. The van der Waals surface area contributed by atoms with Gasteiger partial charge in [-0.25, -0.2) is 0 Å². The molecule has 0 saturated carbocycles. The first-order valence-corrected chi connectivity index (χ1v) is 4.43. The van der Waals surface area contributed by atoms with Gasteiger partial charge >= 0.3 is 0 Å². The number of rotatable bonds is 2. The number of hydrogen-bond acceptors (Lipinski definition) is 1. The number of hydrogen-bond donors (Lipinski definition) is 0. The average Bonchev–Trinajstić information content (AvgIpc) is 2.03. The van der Waals surface area contributed by atoms with E-state index in [0.29, 0.717) is 21.2 Å². The lowest BCUT2D eigenvalue weighted by Gasteiger charge is -2.04. The summed E-state index contributed by atoms with van der Waals surface area (Å²) in [5, 5.41) is 0.998. The maximum atomic E-state index is 11.0. The lowest BCUT2D eigenvalue weighted by Crippen LogP contribution is -1.94. The van der Waals surface area contributed by atoms with Crippen LogP contribution >= 0.6 is 23.2 Å². The second kappa shape index (κ2) is 3.95. The first-order chi connectivity index (χ1) is 6.02. The van der Waals surface area contributed by atoms with Crippen molar-refractivity contribution in [1.82, 2.24) is 0 Å². The van der Waals surface area contributed by atoms with E-state index < -0.39 is 0 Å². The van der Waals surface area contributed by atoms with Crippen LogP contribution in [0.1, 0.15) is 12.5 Å². The van der Waals surface area contributed by atoms with Gasteiger partial charge in [0.1, 0.15) is 0 Å². The minimum absolute atomic E-state index is 0.0933. The van der Waals surface area contributed by atoms with Crippen molar-refractivity contribution in [3.05, 3.63) is 40.4 Å². The van der Waals surface area contributed by atoms with E-state index in [0.717, 1.165) is 0 Å². The molecule has 0 fully saturated rings. The molecule has 1 aromatic carbocycles. The van der Waals surface area contributed by atoms with Crippen LogP contribution in [0.2, 0.25) is 10.0 Å². The molecule has 0 aliphatic rings. The van der Waals surface area contributed by atoms with E-state index in [9.17, 15) is 4.79 Å². The van der Waals surface area contributed by atoms with Gasteiger partial charge in [-0.1, -0.05) is 35.8 Å². The molecular weight excluding hydrogens is 207 g/mol. The molecular formula is C10H8Cl2O. The molecule has 0 aromatic heterocycles. The first kappa shape index (κ1) is 10.3. The molecule has 0 aliphatic carbocycles. The molecule has 0 amide bonds. The molecule has 0 radical (unpaired) electrons. The minimum Gasteiger partial charge on any atom is -0.295 e. The number of allylic oxidation sites excluding steroid dienone is 1. The molecule has 68 valence electrons. The van der Waals surface area contributed by atoms with Crippen molar-refractivity contribution in [2.75, 3.05) is 0 Å². The van der Waals surface area contributed by atoms with Gasteiger partial charge in [-0.15, -0.1) is 0 Å². The van der Waals surface area contributed by atoms with E-state index in [1.807, 2.05) is 0 Å². The van der Waals surface area contributed by atoms with Crippen LogP contribution in [0.25, 0.3) is 5.57 Å². The Labute approximate surface area is 87.0 Å². The first-order valence-electron chi connectivity index (χ1n) is 3.67. The van der Waals surface area contributed by atoms with Crippen LogP contribution in [-0.2, 0) is 4.79 Å². The van der Waals surface area contributed by atoms with Crippen molar-refractivity contribution in [3.63, 3.8) is 0 Å². The van der Waals surface area contributed by atoms with Crippen LogP contribution in [0.15, 0.2) is 24.8 Å². The van der Waals surface area contributed by atoms with E-state index in [-0.39, 0.29) is 5.78 Å². The van der Waals surface area contributed by atoms with E-state index in [1.54, 1.807) is 18.2 Å². The van der Waals surface area contributed by atoms with E-state index >= 15 is 0 Å². The van der Waals surface area contributed by atoms with E-state index in [1.165, 1.54) is 6.92 Å². The molecule has 0 bridgehead atoms. The van der Waals surface area contributed by atoms with Gasteiger partial charge in [-0.05, 0) is 19.1 Å². The summed E-state index contributed by atoms with van der Waals surface area (Å²) >= 11 is 11.6. The van der Waals surface area contributed by atoms with Crippen LogP contribution < -0.4 is 0 Å². The zero-order chi connectivity index (χ0) is 10.0. The fourth-order valence-electron chi connectivity index (χ4n) is 0.924. The van der Waals surface area contributed by atoms with E-state index in [4.69, 9.17) is 23.2 Å². The summed E-state index contributed by atoms with van der Waals surface area (Å²) in [4.78, 5) is 11.0. The quantitative estimate of drug-likeness (QED) is 0.689. The Kier molecular flexibility index (Phi) is 3.12. The van der Waals surface area contributed by atoms with E-state index in [2.05, 4.69) is 6.58 Å². The zero-order valence-corrected chi connectivity index (χ0v) is 8.62. The van der Waals surface area contributed by atoms with Crippen molar-refractivity contribution in [3.8, 4) is 0 Å². The molecule has 0 aliphatic heterocycles. The van der Waals surface area contributed by atoms with Crippen LogP contribution in [0, 0.1) is 0 Å². The summed E-state index contributed by atoms with van der Waals surface area (Å²) in [5.74, 6) is -0.0933. The smallest absolute Gasteiger partial charge is 0.159 e. The zero-order valence-electron chi connectivity index (χ0n) is 7.10. The maximum Gasteiger partial charge on any atom is 0.159 e. The fraction of sp³-hybridized carbons (Fsp3) is 0.100. The Balaban J connectivity index is 3.16. The maximum absolute atomic E-state index is 11.0. The predicted octanol–water partition coefficient (Wildman–Crippen LogP) is 3.60. The van der Waals surface area contributed by atoms with Gasteiger partial charge in [0.15, 0.2) is 5.78 Å². The van der Waals surface area contributed by atoms with Crippen molar-refractivity contribution < 1.29 is 4.79 Å². The minimum atomic E-state index is -0.0933. The highest BCUT2D eigenvalue weighted by molar-refractivity contribution is 6.37. The fourth-order valence-corrected chi connectivity index (χ4v) is 1.45. The van der Waals surface area contributed by atoms with Crippen molar-refractivity contribution in [2.24, 2.45) is 0 Å². The van der Waals surface area contributed by atoms with Gasteiger partial charge in [-0.3, -0.25) is 4.79 Å². The van der Waals surface area contributed by atoms with Crippen LogP contribution in [0.4, 0.5) is 0 Å². The Bertz CT molecular complexity index is 369. The molecule has 1 nitrogen and oxygen atoms in total. The Hall–Kier alpha value is -0.790. The summed E-state index contributed by atoms with van der Waals surface area (Å²) in [6.45, 7) is 5.09. The van der Waals surface area contributed by atoms with Gasteiger partial charge in [0, 0.05) is 21.2 Å². The Morgan fingerprint density at radius 2 is 2.00 bits per heavy atom. The number of halogens is 2. The lowest BCUT2D eigenvalue weighted by atomic mass is 10.0. The molecule has 1 rings (SSSR count). The summed E-state index contributed by atoms with van der Waals surface area (Å²) in [6, 6.07) is 4.96. The largest absolute Gasteiger partial charge is 0.295 e. The second-order valence-electron chi connectivity index (χ2n) is 2.66. The SMILES string of the molecule is C=C(C(C)=O)c1ccc(Cl)cc1Cl. The van der Waals surface area contributed by atoms with Crippen LogP contribution in [-0.4, -0.2) is 5.78 Å². The van der Waals surface area contributed by atoms with Gasteiger partial charge in [0.25, 0.3) is 0 Å². The van der Waals surface area contributed by atoms with Gasteiger partial charge in [0.05, 0.1) is 0 Å².